The number of carboxylic acid groups (broad SMARTS) is 1. The van der Waals surface area contributed by atoms with Crippen LogP contribution in [0.15, 0.2) is 0 Å². The van der Waals surface area contributed by atoms with Gasteiger partial charge in [0.1, 0.15) is 11.6 Å². The first kappa shape index (κ1) is 14.8. The van der Waals surface area contributed by atoms with Gasteiger partial charge in [-0.2, -0.15) is 0 Å². The number of amides is 1. The Balaban J connectivity index is 2.58. The second-order valence-corrected chi connectivity index (χ2v) is 5.69. The minimum absolute atomic E-state index is 0.205. The van der Waals surface area contributed by atoms with Crippen LogP contribution < -0.4 is 5.73 Å². The summed E-state index contributed by atoms with van der Waals surface area (Å²) >= 11 is 0. The molecular formula is C12H22N2O4. The molecule has 18 heavy (non-hydrogen) atoms. The quantitative estimate of drug-likeness (QED) is 0.772. The van der Waals surface area contributed by atoms with Gasteiger partial charge in [-0.15, -0.1) is 0 Å². The number of ether oxygens (including phenoxy) is 1. The largest absolute Gasteiger partial charge is 0.480 e. The van der Waals surface area contributed by atoms with E-state index in [0.29, 0.717) is 13.1 Å². The van der Waals surface area contributed by atoms with Crippen LogP contribution in [-0.4, -0.2) is 46.8 Å². The maximum atomic E-state index is 11.9. The van der Waals surface area contributed by atoms with Crippen molar-refractivity contribution < 1.29 is 19.4 Å². The lowest BCUT2D eigenvalue weighted by Gasteiger charge is -2.35. The fourth-order valence-corrected chi connectivity index (χ4v) is 2.00. The molecule has 1 rings (SSSR count). The summed E-state index contributed by atoms with van der Waals surface area (Å²) in [6.07, 6.45) is 1.09. The van der Waals surface area contributed by atoms with E-state index in [1.165, 1.54) is 0 Å². The van der Waals surface area contributed by atoms with E-state index in [2.05, 4.69) is 0 Å². The molecule has 1 aliphatic heterocycles. The Morgan fingerprint density at radius 2 is 2.06 bits per heavy atom. The van der Waals surface area contributed by atoms with E-state index in [4.69, 9.17) is 15.6 Å². The summed E-state index contributed by atoms with van der Waals surface area (Å²) < 4.78 is 5.26. The van der Waals surface area contributed by atoms with E-state index in [9.17, 15) is 9.59 Å². The minimum Gasteiger partial charge on any atom is -0.480 e. The third-order valence-electron chi connectivity index (χ3n) is 2.90. The smallest absolute Gasteiger partial charge is 0.410 e. The number of nitrogens with zero attached hydrogens (tertiary/aromatic N) is 1. The molecule has 0 aromatic heterocycles. The van der Waals surface area contributed by atoms with E-state index in [1.807, 2.05) is 0 Å². The predicted molar refractivity (Wildman–Crippen MR) is 66.1 cm³/mol. The zero-order chi connectivity index (χ0) is 13.9. The topological polar surface area (TPSA) is 92.9 Å². The first-order valence-corrected chi connectivity index (χ1v) is 6.17. The molecule has 1 heterocycles. The molecule has 1 fully saturated rings. The lowest BCUT2D eigenvalue weighted by molar-refractivity contribution is -0.140. The van der Waals surface area contributed by atoms with Gasteiger partial charge in [0.05, 0.1) is 0 Å². The Hall–Kier alpha value is -1.30. The SMILES string of the molecule is CC(C)(C)OC(=O)N1CCC[C@@H]([C@@H](N)C(=O)O)C1. The lowest BCUT2D eigenvalue weighted by Crippen LogP contribution is -2.49. The predicted octanol–water partition coefficient (Wildman–Crippen LogP) is 1.05. The molecule has 0 unspecified atom stereocenters. The van der Waals surface area contributed by atoms with Gasteiger partial charge in [-0.25, -0.2) is 4.79 Å². The normalized spacial score (nSPS) is 22.4. The van der Waals surface area contributed by atoms with Crippen molar-refractivity contribution in [1.29, 1.82) is 0 Å². The Bertz CT molecular complexity index is 325. The second kappa shape index (κ2) is 5.56. The fourth-order valence-electron chi connectivity index (χ4n) is 2.00. The van der Waals surface area contributed by atoms with Crippen LogP contribution in [0.25, 0.3) is 0 Å². The summed E-state index contributed by atoms with van der Waals surface area (Å²) in [6, 6.07) is -0.921. The number of piperidine rings is 1. The number of nitrogens with two attached hydrogens (primary N) is 1. The van der Waals surface area contributed by atoms with Gasteiger partial charge < -0.3 is 20.5 Å². The van der Waals surface area contributed by atoms with E-state index in [1.54, 1.807) is 25.7 Å². The van der Waals surface area contributed by atoms with Crippen LogP contribution in [0.5, 0.6) is 0 Å². The van der Waals surface area contributed by atoms with Crippen molar-refractivity contribution in [2.45, 2.75) is 45.3 Å². The number of rotatable bonds is 2. The molecule has 104 valence electrons. The number of hydrogen-bond donors (Lipinski definition) is 2. The molecule has 1 amide bonds. The van der Waals surface area contributed by atoms with E-state index >= 15 is 0 Å². The summed E-state index contributed by atoms with van der Waals surface area (Å²) in [4.78, 5) is 24.3. The molecule has 0 radical (unpaired) electrons. The summed E-state index contributed by atoms with van der Waals surface area (Å²) in [5.41, 5.74) is 5.06. The monoisotopic (exact) mass is 258 g/mol. The van der Waals surface area contributed by atoms with Crippen molar-refractivity contribution in [2.24, 2.45) is 11.7 Å². The van der Waals surface area contributed by atoms with Crippen molar-refractivity contribution in [3.05, 3.63) is 0 Å². The van der Waals surface area contributed by atoms with Crippen LogP contribution in [0.4, 0.5) is 4.79 Å². The highest BCUT2D eigenvalue weighted by Crippen LogP contribution is 2.21. The van der Waals surface area contributed by atoms with Crippen LogP contribution in [-0.2, 0) is 9.53 Å². The maximum Gasteiger partial charge on any atom is 0.410 e. The summed E-state index contributed by atoms with van der Waals surface area (Å²) in [5, 5.41) is 8.89. The van der Waals surface area contributed by atoms with Gasteiger partial charge >= 0.3 is 12.1 Å². The molecule has 0 spiro atoms. The third-order valence-corrected chi connectivity index (χ3v) is 2.90. The van der Waals surface area contributed by atoms with Gasteiger partial charge in [-0.3, -0.25) is 4.79 Å². The second-order valence-electron chi connectivity index (χ2n) is 5.69. The Kier molecular flexibility index (Phi) is 4.56. The molecular weight excluding hydrogens is 236 g/mol. The van der Waals surface area contributed by atoms with Gasteiger partial charge in [0.15, 0.2) is 0 Å². The summed E-state index contributed by atoms with van der Waals surface area (Å²) in [5.74, 6) is -1.23. The molecule has 0 bridgehead atoms. The van der Waals surface area contributed by atoms with Crippen LogP contribution in [0.1, 0.15) is 33.6 Å². The number of carboxylic acids is 1. The molecule has 6 heteroatoms. The molecule has 0 aliphatic carbocycles. The van der Waals surface area contributed by atoms with Gasteiger partial charge in [0.25, 0.3) is 0 Å². The summed E-state index contributed by atoms with van der Waals surface area (Å²) in [7, 11) is 0. The summed E-state index contributed by atoms with van der Waals surface area (Å²) in [6.45, 7) is 6.35. The Morgan fingerprint density at radius 1 is 1.44 bits per heavy atom. The van der Waals surface area contributed by atoms with E-state index in [0.717, 1.165) is 12.8 Å². The van der Waals surface area contributed by atoms with Crippen LogP contribution >= 0.6 is 0 Å². The molecule has 0 saturated carbocycles. The standard InChI is InChI=1S/C12H22N2O4/c1-12(2,3)18-11(17)14-6-4-5-8(7-14)9(13)10(15)16/h8-9H,4-7,13H2,1-3H3,(H,15,16)/t8-,9-/m1/s1. The van der Waals surface area contributed by atoms with Gasteiger partial charge in [0.2, 0.25) is 0 Å². The Labute approximate surface area is 107 Å². The zero-order valence-corrected chi connectivity index (χ0v) is 11.2. The number of aliphatic carboxylic acids is 1. The van der Waals surface area contributed by atoms with E-state index < -0.39 is 23.7 Å². The third kappa shape index (κ3) is 4.18. The number of likely N-dealkylation sites (tertiary alicyclic amines) is 1. The molecule has 1 saturated heterocycles. The molecule has 0 aromatic rings. The van der Waals surface area contributed by atoms with Crippen LogP contribution in [0, 0.1) is 5.92 Å². The van der Waals surface area contributed by atoms with E-state index in [-0.39, 0.29) is 5.92 Å². The first-order valence-electron chi connectivity index (χ1n) is 6.17. The van der Waals surface area contributed by atoms with Crippen molar-refractivity contribution in [1.82, 2.24) is 4.90 Å². The molecule has 6 nitrogen and oxygen atoms in total. The molecule has 0 aromatic carbocycles. The van der Waals surface area contributed by atoms with Crippen LogP contribution in [0.2, 0.25) is 0 Å². The van der Waals surface area contributed by atoms with Gasteiger partial charge in [-0.1, -0.05) is 0 Å². The average Bonchev–Trinajstić information content (AvgIpc) is 2.25. The maximum absolute atomic E-state index is 11.9. The van der Waals surface area contributed by atoms with Gasteiger partial charge in [-0.05, 0) is 33.6 Å². The molecule has 2 atom stereocenters. The van der Waals surface area contributed by atoms with Crippen molar-refractivity contribution in [2.75, 3.05) is 13.1 Å². The lowest BCUT2D eigenvalue weighted by atomic mass is 9.91. The molecule has 3 N–H and O–H groups in total. The minimum atomic E-state index is -1.02. The first-order chi connectivity index (χ1) is 8.20. The number of carbonyl (C=O) groups excluding carboxylic acids is 1. The van der Waals surface area contributed by atoms with Crippen molar-refractivity contribution >= 4 is 12.1 Å². The highest BCUT2D eigenvalue weighted by atomic mass is 16.6. The highest BCUT2D eigenvalue weighted by molar-refractivity contribution is 5.74. The molecule has 1 aliphatic rings. The van der Waals surface area contributed by atoms with Crippen LogP contribution in [0.3, 0.4) is 0 Å². The fraction of sp³-hybridized carbons (Fsp3) is 0.833. The highest BCUT2D eigenvalue weighted by Gasteiger charge is 2.32. The number of hydrogen-bond acceptors (Lipinski definition) is 4. The van der Waals surface area contributed by atoms with Crippen molar-refractivity contribution in [3.8, 4) is 0 Å². The zero-order valence-electron chi connectivity index (χ0n) is 11.2. The number of carbonyl (C=O) groups is 2. The average molecular weight is 258 g/mol. The van der Waals surface area contributed by atoms with Crippen molar-refractivity contribution in [3.63, 3.8) is 0 Å². The van der Waals surface area contributed by atoms with Gasteiger partial charge in [0, 0.05) is 19.0 Å². The Morgan fingerprint density at radius 3 is 2.56 bits per heavy atom.